The van der Waals surface area contributed by atoms with Crippen molar-refractivity contribution in [2.75, 3.05) is 18.4 Å². The number of aryl methyl sites for hydroxylation is 2. The van der Waals surface area contributed by atoms with Crippen LogP contribution in [0.5, 0.6) is 0 Å². The number of carbonyl (C=O) groups is 2. The van der Waals surface area contributed by atoms with E-state index in [1.807, 2.05) is 23.6 Å². The van der Waals surface area contributed by atoms with E-state index in [0.29, 0.717) is 37.4 Å². The Morgan fingerprint density at radius 2 is 1.92 bits per heavy atom. The van der Waals surface area contributed by atoms with E-state index < -0.39 is 11.9 Å². The van der Waals surface area contributed by atoms with E-state index in [1.54, 1.807) is 4.90 Å². The highest BCUT2D eigenvalue weighted by atomic mass is 32.1. The fourth-order valence-corrected chi connectivity index (χ4v) is 6.11. The van der Waals surface area contributed by atoms with E-state index in [9.17, 15) is 22.8 Å². The molecule has 1 fully saturated rings. The van der Waals surface area contributed by atoms with E-state index in [1.165, 1.54) is 23.8 Å². The molecule has 196 valence electrons. The molecule has 0 spiro atoms. The number of benzene rings is 1. The number of likely N-dealkylation sites (tertiary alicyclic amines) is 1. The third-order valence-corrected chi connectivity index (χ3v) is 8.22. The lowest BCUT2D eigenvalue weighted by molar-refractivity contribution is -0.142. The van der Waals surface area contributed by atoms with E-state index >= 15 is 0 Å². The lowest BCUT2D eigenvalue weighted by Gasteiger charge is -2.31. The summed E-state index contributed by atoms with van der Waals surface area (Å²) in [6, 6.07) is 9.04. The Bertz CT molecular complexity index is 1290. The minimum atomic E-state index is -4.54. The SMILES string of the molecule is Cc1cc(C(F)(F)F)nn1CC(=O)N1CCC(c2nc(NC(=O)[C@@H]3CCCc4ccccc43)cs2)CC1. The molecule has 1 aliphatic heterocycles. The van der Waals surface area contributed by atoms with Crippen molar-refractivity contribution in [2.45, 2.75) is 63.6 Å². The lowest BCUT2D eigenvalue weighted by Crippen LogP contribution is -2.40. The van der Waals surface area contributed by atoms with Gasteiger partial charge in [0.25, 0.3) is 0 Å². The number of carbonyl (C=O) groups excluding carboxylic acids is 2. The van der Waals surface area contributed by atoms with Crippen LogP contribution in [0, 0.1) is 6.92 Å². The molecule has 2 amide bonds. The Morgan fingerprint density at radius 3 is 2.65 bits per heavy atom. The molecule has 1 atom stereocenters. The topological polar surface area (TPSA) is 80.1 Å². The molecule has 1 aromatic carbocycles. The molecule has 1 saturated heterocycles. The van der Waals surface area contributed by atoms with Crippen molar-refractivity contribution in [2.24, 2.45) is 0 Å². The van der Waals surface area contributed by atoms with Gasteiger partial charge in [-0.25, -0.2) is 4.98 Å². The summed E-state index contributed by atoms with van der Waals surface area (Å²) in [7, 11) is 0. The maximum absolute atomic E-state index is 13.0. The van der Waals surface area contributed by atoms with Crippen molar-refractivity contribution in [3.8, 4) is 0 Å². The van der Waals surface area contributed by atoms with Crippen molar-refractivity contribution in [1.29, 1.82) is 0 Å². The maximum Gasteiger partial charge on any atom is 0.435 e. The highest BCUT2D eigenvalue weighted by Gasteiger charge is 2.35. The highest BCUT2D eigenvalue weighted by molar-refractivity contribution is 7.10. The van der Waals surface area contributed by atoms with Gasteiger partial charge in [-0.1, -0.05) is 24.3 Å². The first-order valence-corrected chi connectivity index (χ1v) is 13.3. The number of rotatable bonds is 5. The van der Waals surface area contributed by atoms with Crippen molar-refractivity contribution in [3.63, 3.8) is 0 Å². The number of nitrogens with one attached hydrogen (secondary N) is 1. The van der Waals surface area contributed by atoms with Gasteiger partial charge in [0.05, 0.1) is 10.9 Å². The standard InChI is InChI=1S/C26H28F3N5O2S/c1-16-13-21(26(27,28)29)32-34(16)14-23(35)33-11-9-18(10-12-33)25-31-22(15-37-25)30-24(36)20-8-4-6-17-5-2-3-7-19(17)20/h2-3,5,7,13,15,18,20H,4,6,8-12,14H2,1H3,(H,30,36)/t20-/m1/s1. The molecule has 0 radical (unpaired) electrons. The van der Waals surface area contributed by atoms with Crippen LogP contribution in [0.2, 0.25) is 0 Å². The Kier molecular flexibility index (Phi) is 7.06. The summed E-state index contributed by atoms with van der Waals surface area (Å²) in [5, 5.41) is 9.32. The second kappa shape index (κ2) is 10.3. The van der Waals surface area contributed by atoms with Crippen LogP contribution < -0.4 is 5.32 Å². The summed E-state index contributed by atoms with van der Waals surface area (Å²) in [4.78, 5) is 32.0. The molecule has 3 aromatic rings. The fraction of sp³-hybridized carbons (Fsp3) is 0.462. The number of hydrogen-bond donors (Lipinski definition) is 1. The van der Waals surface area contributed by atoms with Crippen LogP contribution in [0.25, 0.3) is 0 Å². The summed E-state index contributed by atoms with van der Waals surface area (Å²) in [5.41, 5.74) is 1.64. The van der Waals surface area contributed by atoms with Gasteiger partial charge in [-0.15, -0.1) is 11.3 Å². The summed E-state index contributed by atoms with van der Waals surface area (Å²) in [6.45, 7) is 2.28. The number of nitrogens with zero attached hydrogens (tertiary/aromatic N) is 4. The molecule has 0 saturated carbocycles. The molecule has 37 heavy (non-hydrogen) atoms. The first-order chi connectivity index (χ1) is 17.7. The summed E-state index contributed by atoms with van der Waals surface area (Å²) in [5.74, 6) is 0.264. The quantitative estimate of drug-likeness (QED) is 0.495. The summed E-state index contributed by atoms with van der Waals surface area (Å²) < 4.78 is 39.8. The van der Waals surface area contributed by atoms with Crippen LogP contribution in [0.15, 0.2) is 35.7 Å². The minimum absolute atomic E-state index is 0.0352. The summed E-state index contributed by atoms with van der Waals surface area (Å²) in [6.07, 6.45) is -0.328. The average Bonchev–Trinajstić information content (AvgIpc) is 3.50. The van der Waals surface area contributed by atoms with Crippen LogP contribution in [-0.2, 0) is 28.7 Å². The van der Waals surface area contributed by atoms with E-state index in [0.717, 1.165) is 40.6 Å². The number of amides is 2. The zero-order valence-corrected chi connectivity index (χ0v) is 21.2. The molecular weight excluding hydrogens is 503 g/mol. The number of hydrogen-bond acceptors (Lipinski definition) is 5. The number of aromatic nitrogens is 3. The number of thiazole rings is 1. The van der Waals surface area contributed by atoms with E-state index in [4.69, 9.17) is 0 Å². The fourth-order valence-electron chi connectivity index (χ4n) is 5.18. The highest BCUT2D eigenvalue weighted by Crippen LogP contribution is 2.35. The molecule has 0 bridgehead atoms. The van der Waals surface area contributed by atoms with Crippen LogP contribution >= 0.6 is 11.3 Å². The van der Waals surface area contributed by atoms with Gasteiger partial charge in [0, 0.05) is 30.1 Å². The summed E-state index contributed by atoms with van der Waals surface area (Å²) >= 11 is 1.50. The van der Waals surface area contributed by atoms with Gasteiger partial charge in [0.2, 0.25) is 11.8 Å². The predicted octanol–water partition coefficient (Wildman–Crippen LogP) is 5.13. The van der Waals surface area contributed by atoms with Crippen molar-refractivity contribution in [3.05, 3.63) is 63.2 Å². The number of halogens is 3. The second-order valence-electron chi connectivity index (χ2n) is 9.69. The van der Waals surface area contributed by atoms with E-state index in [-0.39, 0.29) is 30.2 Å². The third-order valence-electron chi connectivity index (χ3n) is 7.21. The predicted molar refractivity (Wildman–Crippen MR) is 133 cm³/mol. The molecule has 2 aromatic heterocycles. The molecule has 2 aliphatic rings. The van der Waals surface area contributed by atoms with Gasteiger partial charge in [0.15, 0.2) is 5.69 Å². The number of alkyl halides is 3. The molecule has 5 rings (SSSR count). The van der Waals surface area contributed by atoms with Gasteiger partial charge in [0.1, 0.15) is 12.4 Å². The second-order valence-corrected chi connectivity index (χ2v) is 10.6. The van der Waals surface area contributed by atoms with Crippen molar-refractivity contribution in [1.82, 2.24) is 19.7 Å². The minimum Gasteiger partial charge on any atom is -0.341 e. The Balaban J connectivity index is 1.15. The molecule has 1 N–H and O–H groups in total. The third kappa shape index (κ3) is 5.56. The number of anilines is 1. The Labute approximate surface area is 216 Å². The molecule has 3 heterocycles. The van der Waals surface area contributed by atoms with E-state index in [2.05, 4.69) is 21.5 Å². The molecule has 1 aliphatic carbocycles. The van der Waals surface area contributed by atoms with Gasteiger partial charge < -0.3 is 10.2 Å². The van der Waals surface area contributed by atoms with Crippen molar-refractivity contribution < 1.29 is 22.8 Å². The van der Waals surface area contributed by atoms with Crippen LogP contribution in [0.1, 0.15) is 65.0 Å². The Hall–Kier alpha value is -3.21. The Morgan fingerprint density at radius 1 is 1.16 bits per heavy atom. The molecular formula is C26H28F3N5O2S. The normalized spacial score (nSPS) is 18.5. The van der Waals surface area contributed by atoms with Crippen LogP contribution in [-0.4, -0.2) is 44.6 Å². The van der Waals surface area contributed by atoms with Gasteiger partial charge in [-0.05, 0) is 56.2 Å². The monoisotopic (exact) mass is 531 g/mol. The van der Waals surface area contributed by atoms with Crippen molar-refractivity contribution >= 4 is 29.0 Å². The molecule has 0 unspecified atom stereocenters. The van der Waals surface area contributed by atoms with Crippen LogP contribution in [0.3, 0.4) is 0 Å². The first kappa shape index (κ1) is 25.4. The number of piperidine rings is 1. The molecule has 7 nitrogen and oxygen atoms in total. The zero-order valence-electron chi connectivity index (χ0n) is 20.4. The zero-order chi connectivity index (χ0) is 26.2. The largest absolute Gasteiger partial charge is 0.435 e. The number of fused-ring (bicyclic) bond motifs is 1. The van der Waals surface area contributed by atoms with Gasteiger partial charge >= 0.3 is 6.18 Å². The molecule has 11 heteroatoms. The maximum atomic E-state index is 13.0. The van der Waals surface area contributed by atoms with Gasteiger partial charge in [-0.2, -0.15) is 18.3 Å². The first-order valence-electron chi connectivity index (χ1n) is 12.4. The average molecular weight is 532 g/mol. The van der Waals surface area contributed by atoms with Crippen LogP contribution in [0.4, 0.5) is 19.0 Å². The smallest absolute Gasteiger partial charge is 0.341 e. The van der Waals surface area contributed by atoms with Gasteiger partial charge in [-0.3, -0.25) is 14.3 Å². The lowest BCUT2D eigenvalue weighted by atomic mass is 9.82.